The summed E-state index contributed by atoms with van der Waals surface area (Å²) in [6.45, 7) is 9.02. The van der Waals surface area contributed by atoms with Gasteiger partial charge in [-0.15, -0.1) is 0 Å². The van der Waals surface area contributed by atoms with Crippen molar-refractivity contribution in [2.24, 2.45) is 16.8 Å². The molecule has 0 amide bonds. The average Bonchev–Trinajstić information content (AvgIpc) is 2.51. The third-order valence-corrected chi connectivity index (χ3v) is 2.98. The predicted octanol–water partition coefficient (Wildman–Crippen LogP) is 3.17. The van der Waals surface area contributed by atoms with Crippen LogP contribution in [0.25, 0.3) is 0 Å². The fraction of sp³-hybridized carbons (Fsp3) is 0.556. The summed E-state index contributed by atoms with van der Waals surface area (Å²) in [5.41, 5.74) is 0.882. The Morgan fingerprint density at radius 1 is 1.09 bits per heavy atom. The standard InChI is InChI=1S/C18H25NO4/c1-13(2)10-22-16-7-5-15(6-8-16)9-17(19-12-20)18(21)23-11-14(3)4/h5-8,13-14,17H,9-11H2,1-4H3. The van der Waals surface area contributed by atoms with Crippen LogP contribution >= 0.6 is 0 Å². The smallest absolute Gasteiger partial charge is 0.332 e. The summed E-state index contributed by atoms with van der Waals surface area (Å²) in [5.74, 6) is 0.969. The monoisotopic (exact) mass is 319 g/mol. The molecule has 0 bridgehead atoms. The third kappa shape index (κ3) is 7.61. The van der Waals surface area contributed by atoms with Gasteiger partial charge in [0.1, 0.15) is 5.75 Å². The number of rotatable bonds is 9. The molecule has 0 aliphatic rings. The second-order valence-corrected chi connectivity index (χ2v) is 6.31. The molecule has 1 rings (SSSR count). The molecule has 0 N–H and O–H groups in total. The van der Waals surface area contributed by atoms with Gasteiger partial charge in [0.15, 0.2) is 6.04 Å². The van der Waals surface area contributed by atoms with Gasteiger partial charge in [0.05, 0.1) is 13.2 Å². The molecule has 0 fully saturated rings. The second-order valence-electron chi connectivity index (χ2n) is 6.31. The van der Waals surface area contributed by atoms with E-state index >= 15 is 0 Å². The minimum atomic E-state index is -0.853. The van der Waals surface area contributed by atoms with Crippen LogP contribution in [0.5, 0.6) is 5.75 Å². The van der Waals surface area contributed by atoms with Crippen LogP contribution in [0.1, 0.15) is 33.3 Å². The summed E-state index contributed by atoms with van der Waals surface area (Å²) >= 11 is 0. The predicted molar refractivity (Wildman–Crippen MR) is 88.2 cm³/mol. The molecule has 0 spiro atoms. The topological polar surface area (TPSA) is 65.0 Å². The van der Waals surface area contributed by atoms with E-state index in [0.29, 0.717) is 25.6 Å². The SMILES string of the molecule is CC(C)COC(=O)C(Cc1ccc(OCC(C)C)cc1)N=C=O. The van der Waals surface area contributed by atoms with Crippen molar-refractivity contribution >= 4 is 12.0 Å². The van der Waals surface area contributed by atoms with Crippen LogP contribution < -0.4 is 4.74 Å². The number of hydrogen-bond donors (Lipinski definition) is 0. The number of esters is 1. The maximum Gasteiger partial charge on any atom is 0.332 e. The second kappa shape index (κ2) is 9.80. The quantitative estimate of drug-likeness (QED) is 0.398. The fourth-order valence-corrected chi connectivity index (χ4v) is 1.80. The molecule has 1 unspecified atom stereocenters. The van der Waals surface area contributed by atoms with Gasteiger partial charge in [0.25, 0.3) is 0 Å². The molecule has 126 valence electrons. The Morgan fingerprint density at radius 3 is 2.22 bits per heavy atom. The maximum atomic E-state index is 12.0. The van der Waals surface area contributed by atoms with Crippen LogP contribution in [0.4, 0.5) is 0 Å². The highest BCUT2D eigenvalue weighted by atomic mass is 16.5. The number of hydrogen-bond acceptors (Lipinski definition) is 5. The van der Waals surface area contributed by atoms with Crippen LogP contribution in [0.15, 0.2) is 29.3 Å². The van der Waals surface area contributed by atoms with Crippen molar-refractivity contribution in [3.8, 4) is 5.75 Å². The Bertz CT molecular complexity index is 530. The molecule has 1 atom stereocenters. The van der Waals surface area contributed by atoms with Gasteiger partial charge in [0, 0.05) is 6.42 Å². The average molecular weight is 319 g/mol. The van der Waals surface area contributed by atoms with Gasteiger partial charge in [-0.25, -0.2) is 9.59 Å². The largest absolute Gasteiger partial charge is 0.493 e. The third-order valence-electron chi connectivity index (χ3n) is 2.98. The maximum absolute atomic E-state index is 12.0. The summed E-state index contributed by atoms with van der Waals surface area (Å²) < 4.78 is 10.8. The molecule has 5 heteroatoms. The minimum Gasteiger partial charge on any atom is -0.493 e. The molecular formula is C18H25NO4. The molecule has 0 radical (unpaired) electrons. The Hall–Kier alpha value is -2.13. The van der Waals surface area contributed by atoms with Crippen LogP contribution in [-0.4, -0.2) is 31.3 Å². The summed E-state index contributed by atoms with van der Waals surface area (Å²) in [6.07, 6.45) is 1.75. The number of nitrogens with zero attached hydrogens (tertiary/aromatic N) is 1. The first-order chi connectivity index (χ1) is 10.9. The number of isocyanates is 1. The lowest BCUT2D eigenvalue weighted by molar-refractivity contribution is -0.146. The number of aliphatic imine (C=N–C) groups is 1. The van der Waals surface area contributed by atoms with E-state index in [9.17, 15) is 9.59 Å². The van der Waals surface area contributed by atoms with E-state index in [2.05, 4.69) is 18.8 Å². The van der Waals surface area contributed by atoms with Crippen molar-refractivity contribution in [2.45, 2.75) is 40.2 Å². The molecule has 0 saturated carbocycles. The zero-order valence-electron chi connectivity index (χ0n) is 14.2. The fourth-order valence-electron chi connectivity index (χ4n) is 1.80. The van der Waals surface area contributed by atoms with Gasteiger partial charge in [-0.3, -0.25) is 0 Å². The van der Waals surface area contributed by atoms with Gasteiger partial charge in [0.2, 0.25) is 6.08 Å². The van der Waals surface area contributed by atoms with Crippen LogP contribution in [-0.2, 0) is 20.7 Å². The van der Waals surface area contributed by atoms with E-state index in [1.165, 1.54) is 6.08 Å². The zero-order valence-corrected chi connectivity index (χ0v) is 14.2. The van der Waals surface area contributed by atoms with Gasteiger partial charge in [-0.1, -0.05) is 39.8 Å². The summed E-state index contributed by atoms with van der Waals surface area (Å²) in [4.78, 5) is 26.1. The lowest BCUT2D eigenvalue weighted by Crippen LogP contribution is -2.25. The van der Waals surface area contributed by atoms with Gasteiger partial charge < -0.3 is 9.47 Å². The molecule has 0 aliphatic heterocycles. The van der Waals surface area contributed by atoms with E-state index in [4.69, 9.17) is 9.47 Å². The summed E-state index contributed by atoms with van der Waals surface area (Å²) in [7, 11) is 0. The number of carbonyl (C=O) groups excluding carboxylic acids is 2. The number of benzene rings is 1. The molecule has 23 heavy (non-hydrogen) atoms. The van der Waals surface area contributed by atoms with Gasteiger partial charge in [-0.2, -0.15) is 4.99 Å². The van der Waals surface area contributed by atoms with Crippen molar-refractivity contribution in [2.75, 3.05) is 13.2 Å². The first-order valence-corrected chi connectivity index (χ1v) is 7.87. The molecule has 5 nitrogen and oxygen atoms in total. The molecule has 0 aromatic heterocycles. The van der Waals surface area contributed by atoms with Crippen molar-refractivity contribution < 1.29 is 19.1 Å². The molecular weight excluding hydrogens is 294 g/mol. The molecule has 0 aliphatic carbocycles. The molecule has 1 aromatic rings. The zero-order chi connectivity index (χ0) is 17.2. The Labute approximate surface area is 137 Å². The minimum absolute atomic E-state index is 0.234. The van der Waals surface area contributed by atoms with Crippen molar-refractivity contribution in [3.63, 3.8) is 0 Å². The van der Waals surface area contributed by atoms with E-state index in [1.807, 2.05) is 38.1 Å². The van der Waals surface area contributed by atoms with E-state index < -0.39 is 12.0 Å². The Morgan fingerprint density at radius 2 is 1.70 bits per heavy atom. The molecule has 0 saturated heterocycles. The highest BCUT2D eigenvalue weighted by molar-refractivity contribution is 5.77. The van der Waals surface area contributed by atoms with Gasteiger partial charge in [-0.05, 0) is 29.5 Å². The van der Waals surface area contributed by atoms with Crippen LogP contribution in [0.3, 0.4) is 0 Å². The normalized spacial score (nSPS) is 11.9. The van der Waals surface area contributed by atoms with Crippen molar-refractivity contribution in [1.29, 1.82) is 0 Å². The van der Waals surface area contributed by atoms with E-state index in [-0.39, 0.29) is 5.92 Å². The number of carbonyl (C=O) groups is 1. The lowest BCUT2D eigenvalue weighted by atomic mass is 10.1. The van der Waals surface area contributed by atoms with Crippen molar-refractivity contribution in [1.82, 2.24) is 0 Å². The Kier molecular flexibility index (Phi) is 8.06. The Balaban J connectivity index is 2.65. The van der Waals surface area contributed by atoms with Gasteiger partial charge >= 0.3 is 5.97 Å². The number of ether oxygens (including phenoxy) is 2. The first-order valence-electron chi connectivity index (χ1n) is 7.87. The van der Waals surface area contributed by atoms with E-state index in [1.54, 1.807) is 0 Å². The highest BCUT2D eigenvalue weighted by Crippen LogP contribution is 2.15. The summed E-state index contributed by atoms with van der Waals surface area (Å²) in [6, 6.07) is 6.56. The highest BCUT2D eigenvalue weighted by Gasteiger charge is 2.20. The molecule has 0 heterocycles. The van der Waals surface area contributed by atoms with Crippen LogP contribution in [0, 0.1) is 11.8 Å². The van der Waals surface area contributed by atoms with Crippen LogP contribution in [0.2, 0.25) is 0 Å². The summed E-state index contributed by atoms with van der Waals surface area (Å²) in [5, 5.41) is 0. The first kappa shape index (κ1) is 18.9. The molecule has 1 aromatic carbocycles. The van der Waals surface area contributed by atoms with Crippen molar-refractivity contribution in [3.05, 3.63) is 29.8 Å². The lowest BCUT2D eigenvalue weighted by Gasteiger charge is -2.13. The van der Waals surface area contributed by atoms with E-state index in [0.717, 1.165) is 11.3 Å².